The summed E-state index contributed by atoms with van der Waals surface area (Å²) in [6.45, 7) is 14.4. The molecule has 2 unspecified atom stereocenters. The zero-order valence-corrected chi connectivity index (χ0v) is 39.3. The standard InChI is InChI=1S/C51H103NO5/c1-5-9-13-17-20-22-24-26-29-36-44-55-48-50(56-45-37-30-27-25-23-21-18-14-10-6-2)46-52(42-43-53)41-35-31-34-40-51(54)57-47-49(38-32-16-12-8-4)39-33-28-19-15-11-7-3/h49-50,53H,5-48H2,1-4H3. The van der Waals surface area contributed by atoms with E-state index in [0.717, 1.165) is 58.4 Å². The minimum Gasteiger partial charge on any atom is -0.465 e. The lowest BCUT2D eigenvalue weighted by molar-refractivity contribution is -0.145. The molecule has 6 nitrogen and oxygen atoms in total. The van der Waals surface area contributed by atoms with Crippen LogP contribution in [0.3, 0.4) is 0 Å². The number of rotatable bonds is 49. The topological polar surface area (TPSA) is 68.2 Å². The van der Waals surface area contributed by atoms with Gasteiger partial charge in [-0.15, -0.1) is 0 Å². The maximum Gasteiger partial charge on any atom is 0.305 e. The van der Waals surface area contributed by atoms with Crippen molar-refractivity contribution in [3.8, 4) is 0 Å². The highest BCUT2D eigenvalue weighted by molar-refractivity contribution is 5.69. The van der Waals surface area contributed by atoms with E-state index in [1.165, 1.54) is 193 Å². The van der Waals surface area contributed by atoms with Gasteiger partial charge in [0.05, 0.1) is 25.9 Å². The Hall–Kier alpha value is -0.690. The van der Waals surface area contributed by atoms with Gasteiger partial charge in [0.25, 0.3) is 0 Å². The number of hydrogen-bond donors (Lipinski definition) is 1. The van der Waals surface area contributed by atoms with E-state index in [4.69, 9.17) is 14.2 Å². The highest BCUT2D eigenvalue weighted by Crippen LogP contribution is 2.20. The minimum atomic E-state index is -0.0243. The van der Waals surface area contributed by atoms with E-state index in [0.29, 0.717) is 32.1 Å². The van der Waals surface area contributed by atoms with Crippen LogP contribution in [0.2, 0.25) is 0 Å². The van der Waals surface area contributed by atoms with E-state index in [1.54, 1.807) is 0 Å². The Kier molecular flexibility index (Phi) is 47.4. The number of esters is 1. The van der Waals surface area contributed by atoms with Crippen molar-refractivity contribution in [1.82, 2.24) is 4.90 Å². The van der Waals surface area contributed by atoms with Gasteiger partial charge in [-0.05, 0) is 51.0 Å². The van der Waals surface area contributed by atoms with Crippen molar-refractivity contribution in [2.45, 2.75) is 265 Å². The van der Waals surface area contributed by atoms with Gasteiger partial charge < -0.3 is 19.3 Å². The van der Waals surface area contributed by atoms with Crippen LogP contribution in [0.25, 0.3) is 0 Å². The maximum absolute atomic E-state index is 12.7. The Balaban J connectivity index is 4.62. The van der Waals surface area contributed by atoms with Gasteiger partial charge in [0.2, 0.25) is 0 Å². The highest BCUT2D eigenvalue weighted by atomic mass is 16.5. The van der Waals surface area contributed by atoms with Crippen LogP contribution in [0.1, 0.15) is 259 Å². The molecule has 1 N–H and O–H groups in total. The fourth-order valence-corrected chi connectivity index (χ4v) is 8.07. The first-order chi connectivity index (χ1) is 28.1. The molecule has 0 saturated heterocycles. The molecule has 0 amide bonds. The molecule has 342 valence electrons. The predicted octanol–water partition coefficient (Wildman–Crippen LogP) is 15.0. The quantitative estimate of drug-likeness (QED) is 0.0488. The molecule has 0 aliphatic rings. The lowest BCUT2D eigenvalue weighted by Gasteiger charge is -2.27. The van der Waals surface area contributed by atoms with Gasteiger partial charge in [0.1, 0.15) is 0 Å². The molecule has 0 spiro atoms. The van der Waals surface area contributed by atoms with Crippen molar-refractivity contribution in [2.75, 3.05) is 52.7 Å². The smallest absolute Gasteiger partial charge is 0.305 e. The lowest BCUT2D eigenvalue weighted by Crippen LogP contribution is -2.39. The molecule has 0 bridgehead atoms. The first-order valence-corrected chi connectivity index (χ1v) is 25.8. The van der Waals surface area contributed by atoms with Crippen LogP contribution in [-0.2, 0) is 19.0 Å². The first-order valence-electron chi connectivity index (χ1n) is 25.8. The second-order valence-electron chi connectivity index (χ2n) is 17.7. The normalized spacial score (nSPS) is 12.8. The van der Waals surface area contributed by atoms with Crippen molar-refractivity contribution in [3.63, 3.8) is 0 Å². The van der Waals surface area contributed by atoms with Crippen molar-refractivity contribution < 1.29 is 24.1 Å². The van der Waals surface area contributed by atoms with Gasteiger partial charge >= 0.3 is 5.97 Å². The third-order valence-electron chi connectivity index (χ3n) is 11.9. The number of carbonyl (C=O) groups is 1. The first kappa shape index (κ1) is 56.3. The van der Waals surface area contributed by atoms with Crippen molar-refractivity contribution in [1.29, 1.82) is 0 Å². The van der Waals surface area contributed by atoms with Gasteiger partial charge in [-0.2, -0.15) is 0 Å². The second-order valence-corrected chi connectivity index (χ2v) is 17.7. The Bertz CT molecular complexity index is 766. The number of ether oxygens (including phenoxy) is 3. The van der Waals surface area contributed by atoms with E-state index in [-0.39, 0.29) is 18.7 Å². The average molecular weight is 810 g/mol. The highest BCUT2D eigenvalue weighted by Gasteiger charge is 2.16. The zero-order chi connectivity index (χ0) is 41.5. The third kappa shape index (κ3) is 43.2. The molecule has 0 saturated carbocycles. The molecular formula is C51H103NO5. The van der Waals surface area contributed by atoms with Crippen LogP contribution in [0.5, 0.6) is 0 Å². The minimum absolute atomic E-state index is 0.0243. The monoisotopic (exact) mass is 810 g/mol. The molecule has 0 aliphatic heterocycles. The zero-order valence-electron chi connectivity index (χ0n) is 39.3. The fourth-order valence-electron chi connectivity index (χ4n) is 8.07. The molecule has 2 atom stereocenters. The van der Waals surface area contributed by atoms with Gasteiger partial charge in [-0.25, -0.2) is 0 Å². The van der Waals surface area contributed by atoms with E-state index in [1.807, 2.05) is 0 Å². The molecule has 0 radical (unpaired) electrons. The number of aliphatic hydroxyl groups is 1. The summed E-state index contributed by atoms with van der Waals surface area (Å²) in [4.78, 5) is 15.1. The molecule has 0 fully saturated rings. The van der Waals surface area contributed by atoms with E-state index < -0.39 is 0 Å². The number of unbranched alkanes of at least 4 members (excludes halogenated alkanes) is 28. The Morgan fingerprint density at radius 3 is 1.39 bits per heavy atom. The largest absolute Gasteiger partial charge is 0.465 e. The van der Waals surface area contributed by atoms with Crippen LogP contribution in [0, 0.1) is 5.92 Å². The maximum atomic E-state index is 12.7. The van der Waals surface area contributed by atoms with E-state index in [9.17, 15) is 9.90 Å². The number of nitrogens with zero attached hydrogens (tertiary/aromatic N) is 1. The Morgan fingerprint density at radius 1 is 0.474 bits per heavy atom. The molecular weight excluding hydrogens is 707 g/mol. The van der Waals surface area contributed by atoms with Gasteiger partial charge in [-0.3, -0.25) is 9.69 Å². The van der Waals surface area contributed by atoms with Crippen LogP contribution < -0.4 is 0 Å². The van der Waals surface area contributed by atoms with Gasteiger partial charge in [0.15, 0.2) is 0 Å². The van der Waals surface area contributed by atoms with Crippen molar-refractivity contribution >= 4 is 5.97 Å². The lowest BCUT2D eigenvalue weighted by atomic mass is 9.95. The van der Waals surface area contributed by atoms with E-state index >= 15 is 0 Å². The molecule has 57 heavy (non-hydrogen) atoms. The second kappa shape index (κ2) is 48.0. The number of hydrogen-bond acceptors (Lipinski definition) is 6. The molecule has 0 aliphatic carbocycles. The molecule has 6 heteroatoms. The van der Waals surface area contributed by atoms with Crippen LogP contribution in [0.4, 0.5) is 0 Å². The molecule has 0 heterocycles. The predicted molar refractivity (Wildman–Crippen MR) is 247 cm³/mol. The molecule has 0 aromatic heterocycles. The SMILES string of the molecule is CCCCCCCCCCCCOCC(CN(CCO)CCCCCC(=O)OCC(CCCCCC)CCCCCCCC)OCCCCCCCCCCCC. The van der Waals surface area contributed by atoms with Gasteiger partial charge in [-0.1, -0.05) is 214 Å². The molecule has 0 aromatic carbocycles. The van der Waals surface area contributed by atoms with Gasteiger partial charge in [0, 0.05) is 32.7 Å². The van der Waals surface area contributed by atoms with Crippen LogP contribution in [-0.4, -0.2) is 74.7 Å². The summed E-state index contributed by atoms with van der Waals surface area (Å²) in [5, 5.41) is 9.90. The average Bonchev–Trinajstić information content (AvgIpc) is 3.21. The Labute approximate surface area is 357 Å². The summed E-state index contributed by atoms with van der Waals surface area (Å²) < 4.78 is 18.5. The summed E-state index contributed by atoms with van der Waals surface area (Å²) in [6, 6.07) is 0. The van der Waals surface area contributed by atoms with Crippen LogP contribution >= 0.6 is 0 Å². The summed E-state index contributed by atoms with van der Waals surface area (Å²) in [5.41, 5.74) is 0. The van der Waals surface area contributed by atoms with Crippen molar-refractivity contribution in [2.24, 2.45) is 5.92 Å². The summed E-state index contributed by atoms with van der Waals surface area (Å²) in [7, 11) is 0. The summed E-state index contributed by atoms with van der Waals surface area (Å²) in [6.07, 6.45) is 45.4. The summed E-state index contributed by atoms with van der Waals surface area (Å²) in [5.74, 6) is 0.492. The number of aliphatic hydroxyl groups excluding tert-OH is 1. The van der Waals surface area contributed by atoms with E-state index in [2.05, 4.69) is 32.6 Å². The van der Waals surface area contributed by atoms with Crippen molar-refractivity contribution in [3.05, 3.63) is 0 Å². The summed E-state index contributed by atoms with van der Waals surface area (Å²) >= 11 is 0. The fraction of sp³-hybridized carbons (Fsp3) is 0.980. The number of carbonyl (C=O) groups excluding carboxylic acids is 1. The van der Waals surface area contributed by atoms with Crippen LogP contribution in [0.15, 0.2) is 0 Å². The molecule has 0 aromatic rings. The Morgan fingerprint density at radius 2 is 0.895 bits per heavy atom. The third-order valence-corrected chi connectivity index (χ3v) is 11.9. The molecule has 0 rings (SSSR count).